The average molecular weight is 338 g/mol. The molecule has 1 aliphatic rings. The molecule has 25 heavy (non-hydrogen) atoms. The summed E-state index contributed by atoms with van der Waals surface area (Å²) in [6, 6.07) is 15.2. The van der Waals surface area contributed by atoms with E-state index < -0.39 is 17.9 Å². The van der Waals surface area contributed by atoms with E-state index in [-0.39, 0.29) is 6.54 Å². The summed E-state index contributed by atoms with van der Waals surface area (Å²) >= 11 is 0. The van der Waals surface area contributed by atoms with Crippen molar-refractivity contribution in [2.45, 2.75) is 25.9 Å². The van der Waals surface area contributed by atoms with Gasteiger partial charge in [-0.1, -0.05) is 42.5 Å². The van der Waals surface area contributed by atoms with Crippen molar-refractivity contribution in [3.63, 3.8) is 0 Å². The topological polar surface area (TPSA) is 69.6 Å². The number of aryl methyl sites for hydroxylation is 1. The van der Waals surface area contributed by atoms with Crippen molar-refractivity contribution in [1.82, 2.24) is 5.32 Å². The number of carbonyl (C=O) groups excluding carboxylic acids is 2. The number of nitrogens with one attached hydrogen (secondary N) is 1. The van der Waals surface area contributed by atoms with Gasteiger partial charge in [-0.15, -0.1) is 0 Å². The summed E-state index contributed by atoms with van der Waals surface area (Å²) in [5, 5.41) is 12.7. The normalized spacial score (nSPS) is 14.1. The minimum absolute atomic E-state index is 0.245. The van der Waals surface area contributed by atoms with Crippen LogP contribution >= 0.6 is 0 Å². The van der Waals surface area contributed by atoms with E-state index in [0.29, 0.717) is 13.0 Å². The van der Waals surface area contributed by atoms with Gasteiger partial charge >= 0.3 is 11.8 Å². The number of rotatable bonds is 4. The molecule has 2 amide bonds. The predicted octanol–water partition coefficient (Wildman–Crippen LogP) is 2.12. The number of carbonyl (C=O) groups is 2. The first-order valence-corrected chi connectivity index (χ1v) is 8.48. The fourth-order valence-corrected chi connectivity index (χ4v) is 3.06. The van der Waals surface area contributed by atoms with Crippen molar-refractivity contribution >= 4 is 17.5 Å². The fraction of sp³-hybridized carbons (Fsp3) is 0.300. The zero-order chi connectivity index (χ0) is 17.8. The molecule has 5 heteroatoms. The molecule has 0 bridgehead atoms. The lowest BCUT2D eigenvalue weighted by atomic mass is 10.1. The predicted molar refractivity (Wildman–Crippen MR) is 96.3 cm³/mol. The minimum atomic E-state index is -0.660. The number of nitrogens with zero attached hydrogens (tertiary/aromatic N) is 1. The maximum Gasteiger partial charge on any atom is 0.316 e. The summed E-state index contributed by atoms with van der Waals surface area (Å²) in [4.78, 5) is 26.1. The molecule has 1 aliphatic heterocycles. The van der Waals surface area contributed by atoms with Crippen LogP contribution in [0, 0.1) is 6.92 Å². The van der Waals surface area contributed by atoms with E-state index in [0.717, 1.165) is 28.8 Å². The van der Waals surface area contributed by atoms with Crippen LogP contribution in [0.5, 0.6) is 0 Å². The Bertz CT molecular complexity index is 774. The number of benzene rings is 2. The molecule has 3 rings (SSSR count). The molecule has 0 saturated carbocycles. The van der Waals surface area contributed by atoms with Crippen molar-refractivity contribution in [3.05, 3.63) is 65.2 Å². The number of amides is 2. The number of hydrogen-bond acceptors (Lipinski definition) is 3. The van der Waals surface area contributed by atoms with Gasteiger partial charge in [0.05, 0.1) is 6.10 Å². The molecule has 2 aromatic rings. The zero-order valence-electron chi connectivity index (χ0n) is 14.2. The number of aliphatic hydroxyl groups excluding tert-OH is 1. The molecule has 0 radical (unpaired) electrons. The van der Waals surface area contributed by atoms with Gasteiger partial charge in [-0.3, -0.25) is 9.59 Å². The third-order valence-corrected chi connectivity index (χ3v) is 4.46. The molecule has 1 unspecified atom stereocenters. The Morgan fingerprint density at radius 1 is 1.20 bits per heavy atom. The van der Waals surface area contributed by atoms with Gasteiger partial charge in [0, 0.05) is 18.8 Å². The summed E-state index contributed by atoms with van der Waals surface area (Å²) in [6.07, 6.45) is 0.465. The first kappa shape index (κ1) is 17.2. The standard InChI is InChI=1S/C20H22N2O3/c1-14-7-8-15-10-12-22(17(15)13-14)20(25)19(24)21-11-9-18(23)16-5-3-2-4-6-16/h2-8,13,18,23H,9-12H2,1H3,(H,21,24). The van der Waals surface area contributed by atoms with Gasteiger partial charge in [-0.2, -0.15) is 0 Å². The van der Waals surface area contributed by atoms with Crippen molar-refractivity contribution in [1.29, 1.82) is 0 Å². The second-order valence-corrected chi connectivity index (χ2v) is 6.31. The summed E-state index contributed by atoms with van der Waals surface area (Å²) in [5.74, 6) is -1.17. The molecule has 0 aromatic heterocycles. The van der Waals surface area contributed by atoms with Crippen molar-refractivity contribution < 1.29 is 14.7 Å². The maximum absolute atomic E-state index is 12.4. The van der Waals surface area contributed by atoms with Crippen LogP contribution in [0.25, 0.3) is 0 Å². The quantitative estimate of drug-likeness (QED) is 0.839. The van der Waals surface area contributed by atoms with E-state index in [9.17, 15) is 14.7 Å². The molecule has 1 atom stereocenters. The lowest BCUT2D eigenvalue weighted by Crippen LogP contribution is -2.42. The monoisotopic (exact) mass is 338 g/mol. The van der Waals surface area contributed by atoms with E-state index in [1.165, 1.54) is 4.90 Å². The summed E-state index contributed by atoms with van der Waals surface area (Å²) in [6.45, 7) is 2.74. The van der Waals surface area contributed by atoms with Gasteiger partial charge < -0.3 is 15.3 Å². The Morgan fingerprint density at radius 3 is 2.72 bits per heavy atom. The maximum atomic E-state index is 12.4. The Balaban J connectivity index is 1.54. The number of anilines is 1. The average Bonchev–Trinajstić information content (AvgIpc) is 3.04. The minimum Gasteiger partial charge on any atom is -0.388 e. The van der Waals surface area contributed by atoms with E-state index in [1.54, 1.807) is 0 Å². The molecule has 0 spiro atoms. The van der Waals surface area contributed by atoms with Crippen LogP contribution in [0.15, 0.2) is 48.5 Å². The highest BCUT2D eigenvalue weighted by Crippen LogP contribution is 2.28. The van der Waals surface area contributed by atoms with Crippen LogP contribution < -0.4 is 10.2 Å². The van der Waals surface area contributed by atoms with E-state index in [1.807, 2.05) is 55.5 Å². The highest BCUT2D eigenvalue weighted by Gasteiger charge is 2.29. The van der Waals surface area contributed by atoms with Gasteiger partial charge in [-0.05, 0) is 42.5 Å². The molecular formula is C20H22N2O3. The fourth-order valence-electron chi connectivity index (χ4n) is 3.06. The SMILES string of the molecule is Cc1ccc2c(c1)N(C(=O)C(=O)NCCC(O)c1ccccc1)CC2. The molecule has 5 nitrogen and oxygen atoms in total. The van der Waals surface area contributed by atoms with Crippen LogP contribution in [0.4, 0.5) is 5.69 Å². The molecule has 0 fully saturated rings. The highest BCUT2D eigenvalue weighted by molar-refractivity contribution is 6.40. The van der Waals surface area contributed by atoms with Crippen molar-refractivity contribution in [2.75, 3.05) is 18.0 Å². The van der Waals surface area contributed by atoms with E-state index >= 15 is 0 Å². The van der Waals surface area contributed by atoms with Gasteiger partial charge in [0.15, 0.2) is 0 Å². The number of aliphatic hydroxyl groups is 1. The van der Waals surface area contributed by atoms with Gasteiger partial charge in [0.25, 0.3) is 0 Å². The first-order valence-electron chi connectivity index (χ1n) is 8.48. The Morgan fingerprint density at radius 2 is 1.96 bits per heavy atom. The van der Waals surface area contributed by atoms with Crippen LogP contribution in [0.3, 0.4) is 0 Å². The number of fused-ring (bicyclic) bond motifs is 1. The summed E-state index contributed by atoms with van der Waals surface area (Å²) in [7, 11) is 0. The van der Waals surface area contributed by atoms with Crippen LogP contribution in [0.1, 0.15) is 29.2 Å². The first-order chi connectivity index (χ1) is 12.1. The summed E-state index contributed by atoms with van der Waals surface area (Å²) < 4.78 is 0. The van der Waals surface area contributed by atoms with Crippen LogP contribution in [-0.2, 0) is 16.0 Å². The second-order valence-electron chi connectivity index (χ2n) is 6.31. The molecule has 1 heterocycles. The molecule has 0 saturated heterocycles. The second kappa shape index (κ2) is 7.49. The lowest BCUT2D eigenvalue weighted by Gasteiger charge is -2.17. The van der Waals surface area contributed by atoms with E-state index in [4.69, 9.17) is 0 Å². The Labute approximate surface area is 147 Å². The molecule has 0 aliphatic carbocycles. The van der Waals surface area contributed by atoms with Gasteiger partial charge in [0.2, 0.25) is 0 Å². The lowest BCUT2D eigenvalue weighted by molar-refractivity contribution is -0.137. The van der Waals surface area contributed by atoms with Crippen molar-refractivity contribution in [3.8, 4) is 0 Å². The largest absolute Gasteiger partial charge is 0.388 e. The van der Waals surface area contributed by atoms with Crippen LogP contribution in [-0.4, -0.2) is 30.0 Å². The molecule has 2 aromatic carbocycles. The third-order valence-electron chi connectivity index (χ3n) is 4.46. The molecule has 2 N–H and O–H groups in total. The van der Waals surface area contributed by atoms with Gasteiger partial charge in [0.1, 0.15) is 0 Å². The molecule has 130 valence electrons. The Kier molecular flexibility index (Phi) is 5.14. The van der Waals surface area contributed by atoms with Gasteiger partial charge in [-0.25, -0.2) is 0 Å². The smallest absolute Gasteiger partial charge is 0.316 e. The van der Waals surface area contributed by atoms with Crippen LogP contribution in [0.2, 0.25) is 0 Å². The van der Waals surface area contributed by atoms with Crippen molar-refractivity contribution in [2.24, 2.45) is 0 Å². The zero-order valence-corrected chi connectivity index (χ0v) is 14.2. The summed E-state index contributed by atoms with van der Waals surface area (Å²) in [5.41, 5.74) is 3.77. The Hall–Kier alpha value is -2.66. The highest BCUT2D eigenvalue weighted by atomic mass is 16.3. The molecular weight excluding hydrogens is 316 g/mol. The number of hydrogen-bond donors (Lipinski definition) is 2. The third kappa shape index (κ3) is 3.88. The van der Waals surface area contributed by atoms with E-state index in [2.05, 4.69) is 5.32 Å².